The second-order valence-corrected chi connectivity index (χ2v) is 4.31. The number of fused-ring (bicyclic) bond motifs is 2. The van der Waals surface area contributed by atoms with Crippen molar-refractivity contribution in [2.45, 2.75) is 13.8 Å². The van der Waals surface area contributed by atoms with Gasteiger partial charge in [-0.15, -0.1) is 0 Å². The molecule has 84 valence electrons. The van der Waals surface area contributed by atoms with E-state index >= 15 is 0 Å². The first-order valence-electron chi connectivity index (χ1n) is 5.60. The van der Waals surface area contributed by atoms with E-state index in [0.717, 1.165) is 11.1 Å². The van der Waals surface area contributed by atoms with Crippen LogP contribution in [0.15, 0.2) is 45.6 Å². The Labute approximate surface area is 98.5 Å². The van der Waals surface area contributed by atoms with Gasteiger partial charge in [0.2, 0.25) is 5.43 Å². The molecule has 0 aliphatic heterocycles. The van der Waals surface area contributed by atoms with Gasteiger partial charge in [-0.1, -0.05) is 18.2 Å². The molecular formula is C15H12O2. The van der Waals surface area contributed by atoms with Crippen molar-refractivity contribution in [1.82, 2.24) is 0 Å². The largest absolute Gasteiger partial charge is 0.456 e. The second-order valence-electron chi connectivity index (χ2n) is 4.31. The molecule has 0 aliphatic rings. The lowest BCUT2D eigenvalue weighted by Gasteiger charge is -2.05. The second kappa shape index (κ2) is 3.45. The van der Waals surface area contributed by atoms with Gasteiger partial charge in [-0.2, -0.15) is 0 Å². The normalized spacial score (nSPS) is 11.2. The van der Waals surface area contributed by atoms with E-state index in [2.05, 4.69) is 0 Å². The topological polar surface area (TPSA) is 30.2 Å². The number of aryl methyl sites for hydroxylation is 2. The van der Waals surface area contributed by atoms with Crippen LogP contribution in [0.2, 0.25) is 0 Å². The first-order chi connectivity index (χ1) is 8.18. The summed E-state index contributed by atoms with van der Waals surface area (Å²) in [6.45, 7) is 4.00. The van der Waals surface area contributed by atoms with Gasteiger partial charge in [-0.25, -0.2) is 0 Å². The molecular weight excluding hydrogens is 212 g/mol. The zero-order valence-corrected chi connectivity index (χ0v) is 9.78. The molecule has 0 atom stereocenters. The van der Waals surface area contributed by atoms with Gasteiger partial charge < -0.3 is 4.42 Å². The monoisotopic (exact) mass is 224 g/mol. The molecule has 0 spiro atoms. The maximum atomic E-state index is 12.3. The van der Waals surface area contributed by atoms with E-state index in [1.165, 1.54) is 0 Å². The molecule has 3 aromatic rings. The van der Waals surface area contributed by atoms with Crippen molar-refractivity contribution in [1.29, 1.82) is 0 Å². The summed E-state index contributed by atoms with van der Waals surface area (Å²) in [6.07, 6.45) is 0. The SMILES string of the molecule is Cc1ccc2c(=O)c3ccccc3oc2c1C. The third-order valence-electron chi connectivity index (χ3n) is 3.27. The van der Waals surface area contributed by atoms with E-state index in [-0.39, 0.29) is 5.43 Å². The van der Waals surface area contributed by atoms with Gasteiger partial charge in [0.05, 0.1) is 10.8 Å². The van der Waals surface area contributed by atoms with E-state index in [4.69, 9.17) is 4.42 Å². The van der Waals surface area contributed by atoms with E-state index in [0.29, 0.717) is 21.9 Å². The molecule has 0 unspecified atom stereocenters. The summed E-state index contributed by atoms with van der Waals surface area (Å²) in [7, 11) is 0. The fourth-order valence-corrected chi connectivity index (χ4v) is 2.10. The zero-order valence-electron chi connectivity index (χ0n) is 9.78. The summed E-state index contributed by atoms with van der Waals surface area (Å²) in [5.74, 6) is 0. The first kappa shape index (κ1) is 10.1. The number of hydrogen-bond acceptors (Lipinski definition) is 2. The lowest BCUT2D eigenvalue weighted by Crippen LogP contribution is -2.03. The fourth-order valence-electron chi connectivity index (χ4n) is 2.10. The highest BCUT2D eigenvalue weighted by Gasteiger charge is 2.09. The summed E-state index contributed by atoms with van der Waals surface area (Å²) in [5, 5.41) is 1.30. The summed E-state index contributed by atoms with van der Waals surface area (Å²) < 4.78 is 5.84. The molecule has 17 heavy (non-hydrogen) atoms. The highest BCUT2D eigenvalue weighted by molar-refractivity contribution is 5.91. The molecule has 0 amide bonds. The van der Waals surface area contributed by atoms with Crippen LogP contribution in [0.4, 0.5) is 0 Å². The van der Waals surface area contributed by atoms with Gasteiger partial charge >= 0.3 is 0 Å². The molecule has 2 aromatic carbocycles. The number of para-hydroxylation sites is 1. The van der Waals surface area contributed by atoms with Crippen molar-refractivity contribution in [3.8, 4) is 0 Å². The van der Waals surface area contributed by atoms with Gasteiger partial charge in [-0.05, 0) is 43.2 Å². The molecule has 0 N–H and O–H groups in total. The minimum absolute atomic E-state index is 0.0463. The van der Waals surface area contributed by atoms with Crippen molar-refractivity contribution in [3.05, 3.63) is 57.7 Å². The number of hydrogen-bond donors (Lipinski definition) is 0. The Morgan fingerprint density at radius 1 is 0.941 bits per heavy atom. The highest BCUT2D eigenvalue weighted by Crippen LogP contribution is 2.23. The van der Waals surface area contributed by atoms with Crippen LogP contribution in [0, 0.1) is 13.8 Å². The van der Waals surface area contributed by atoms with Gasteiger partial charge in [0.1, 0.15) is 11.2 Å². The van der Waals surface area contributed by atoms with Gasteiger partial charge in [0.25, 0.3) is 0 Å². The Balaban J connectivity index is 2.64. The van der Waals surface area contributed by atoms with Crippen LogP contribution in [-0.4, -0.2) is 0 Å². The molecule has 1 heterocycles. The Hall–Kier alpha value is -2.09. The number of benzene rings is 2. The molecule has 0 bridgehead atoms. The molecule has 3 rings (SSSR count). The van der Waals surface area contributed by atoms with Crippen molar-refractivity contribution >= 4 is 21.9 Å². The first-order valence-corrected chi connectivity index (χ1v) is 5.60. The zero-order chi connectivity index (χ0) is 12.0. The summed E-state index contributed by atoms with van der Waals surface area (Å²) in [5.41, 5.74) is 3.57. The van der Waals surface area contributed by atoms with E-state index in [1.807, 2.05) is 44.2 Å². The van der Waals surface area contributed by atoms with Crippen molar-refractivity contribution < 1.29 is 4.42 Å². The van der Waals surface area contributed by atoms with E-state index in [1.54, 1.807) is 6.07 Å². The summed E-state index contributed by atoms with van der Waals surface area (Å²) in [4.78, 5) is 12.3. The quantitative estimate of drug-likeness (QED) is 0.546. The minimum atomic E-state index is 0.0463. The van der Waals surface area contributed by atoms with Gasteiger partial charge in [0.15, 0.2) is 0 Å². The predicted octanol–water partition coefficient (Wildman–Crippen LogP) is 3.56. The fraction of sp³-hybridized carbons (Fsp3) is 0.133. The molecule has 2 heteroatoms. The van der Waals surface area contributed by atoms with Crippen LogP contribution in [0.5, 0.6) is 0 Å². The minimum Gasteiger partial charge on any atom is -0.456 e. The summed E-state index contributed by atoms with van der Waals surface area (Å²) >= 11 is 0. The Morgan fingerprint density at radius 3 is 2.53 bits per heavy atom. The van der Waals surface area contributed by atoms with Gasteiger partial charge in [-0.3, -0.25) is 4.79 Å². The van der Waals surface area contributed by atoms with Crippen molar-refractivity contribution in [2.75, 3.05) is 0 Å². The molecule has 0 saturated carbocycles. The van der Waals surface area contributed by atoms with Gasteiger partial charge in [0, 0.05) is 0 Å². The molecule has 0 aliphatic carbocycles. The Morgan fingerprint density at radius 2 is 1.71 bits per heavy atom. The van der Waals surface area contributed by atoms with E-state index in [9.17, 15) is 4.79 Å². The van der Waals surface area contributed by atoms with Crippen LogP contribution in [0.3, 0.4) is 0 Å². The van der Waals surface area contributed by atoms with Crippen LogP contribution < -0.4 is 5.43 Å². The van der Waals surface area contributed by atoms with Crippen LogP contribution in [0.25, 0.3) is 21.9 Å². The van der Waals surface area contributed by atoms with Crippen LogP contribution in [0.1, 0.15) is 11.1 Å². The van der Waals surface area contributed by atoms with Crippen molar-refractivity contribution in [3.63, 3.8) is 0 Å². The predicted molar refractivity (Wildman–Crippen MR) is 69.5 cm³/mol. The average molecular weight is 224 g/mol. The molecule has 0 fully saturated rings. The van der Waals surface area contributed by atoms with Crippen LogP contribution >= 0.6 is 0 Å². The third-order valence-corrected chi connectivity index (χ3v) is 3.27. The molecule has 2 nitrogen and oxygen atoms in total. The molecule has 0 saturated heterocycles. The van der Waals surface area contributed by atoms with Crippen molar-refractivity contribution in [2.24, 2.45) is 0 Å². The molecule has 0 radical (unpaired) electrons. The average Bonchev–Trinajstić information content (AvgIpc) is 2.35. The maximum absolute atomic E-state index is 12.3. The summed E-state index contributed by atoms with van der Waals surface area (Å²) in [6, 6.07) is 11.2. The smallest absolute Gasteiger partial charge is 0.200 e. The standard InChI is InChI=1S/C15H12O2/c1-9-7-8-12-14(16)11-5-3-4-6-13(11)17-15(12)10(9)2/h3-8H,1-2H3. The van der Waals surface area contributed by atoms with Crippen LogP contribution in [-0.2, 0) is 0 Å². The third kappa shape index (κ3) is 1.37. The maximum Gasteiger partial charge on any atom is 0.200 e. The number of rotatable bonds is 0. The van der Waals surface area contributed by atoms with E-state index < -0.39 is 0 Å². The lowest BCUT2D eigenvalue weighted by molar-refractivity contribution is 0.656. The molecule has 1 aromatic heterocycles. The lowest BCUT2D eigenvalue weighted by atomic mass is 10.0. The Bertz CT molecular complexity index is 782. The Kier molecular flexibility index (Phi) is 2.05. The highest BCUT2D eigenvalue weighted by atomic mass is 16.3.